The van der Waals surface area contributed by atoms with Crippen LogP contribution >= 0.6 is 11.3 Å². The summed E-state index contributed by atoms with van der Waals surface area (Å²) in [5.41, 5.74) is 3.25. The number of hydrogen-bond acceptors (Lipinski definition) is 3. The second-order valence-electron chi connectivity index (χ2n) is 6.97. The summed E-state index contributed by atoms with van der Waals surface area (Å²) in [6.07, 6.45) is 7.11. The average Bonchev–Trinajstić information content (AvgIpc) is 3.46. The largest absolute Gasteiger partial charge is 0.293 e. The topological polar surface area (TPSA) is 50.7 Å². The van der Waals surface area contributed by atoms with E-state index in [-0.39, 0.29) is 5.56 Å². The molecule has 23 heavy (non-hydrogen) atoms. The minimum atomic E-state index is 0.117. The zero-order valence-corrected chi connectivity index (χ0v) is 13.7. The highest BCUT2D eigenvalue weighted by Crippen LogP contribution is 2.36. The van der Waals surface area contributed by atoms with E-state index in [0.29, 0.717) is 0 Å². The zero-order valence-electron chi connectivity index (χ0n) is 12.9. The molecule has 2 aliphatic carbocycles. The molecule has 0 spiro atoms. The molecule has 2 aromatic heterocycles. The summed E-state index contributed by atoms with van der Waals surface area (Å²) in [5.74, 6) is 1.50. The quantitative estimate of drug-likeness (QED) is 0.778. The minimum absolute atomic E-state index is 0.117. The number of para-hydroxylation sites is 1. The fraction of sp³-hybridized carbons (Fsp3) is 0.444. The molecule has 1 aromatic carbocycles. The molecule has 0 saturated heterocycles. The number of benzene rings is 1. The lowest BCUT2D eigenvalue weighted by Crippen LogP contribution is -2.17. The Bertz CT molecular complexity index is 894. The lowest BCUT2D eigenvalue weighted by molar-refractivity contribution is 0.748. The number of hydrogen-bond donors (Lipinski definition) is 1. The smallest absolute Gasteiger partial charge is 0.276 e. The number of fused-ring (bicyclic) bond motifs is 1. The normalized spacial score (nSPS) is 17.9. The Morgan fingerprint density at radius 1 is 1.13 bits per heavy atom. The third-order valence-electron chi connectivity index (χ3n) is 4.93. The van der Waals surface area contributed by atoms with E-state index in [1.165, 1.54) is 25.7 Å². The van der Waals surface area contributed by atoms with Crippen molar-refractivity contribution in [1.29, 1.82) is 0 Å². The van der Waals surface area contributed by atoms with Crippen molar-refractivity contribution in [3.05, 3.63) is 45.9 Å². The van der Waals surface area contributed by atoms with Gasteiger partial charge in [-0.2, -0.15) is 4.68 Å². The molecule has 1 N–H and O–H groups in total. The Balaban J connectivity index is 1.60. The molecule has 0 bridgehead atoms. The van der Waals surface area contributed by atoms with E-state index < -0.39 is 0 Å². The molecule has 4 nitrogen and oxygen atoms in total. The monoisotopic (exact) mass is 325 g/mol. The van der Waals surface area contributed by atoms with Crippen molar-refractivity contribution >= 4 is 21.6 Å². The fourth-order valence-electron chi connectivity index (χ4n) is 3.21. The number of aromatic amines is 1. The SMILES string of the molecule is O=c1c(CC2CC2)c(CC2CC2)[nH]n1-c1nc2ccccc2s1. The lowest BCUT2D eigenvalue weighted by atomic mass is 10.1. The van der Waals surface area contributed by atoms with Gasteiger partial charge in [0, 0.05) is 11.3 Å². The standard InChI is InChI=1S/C18H19N3OS/c22-17-13(9-11-5-6-11)15(10-12-7-8-12)20-21(17)18-19-14-3-1-2-4-16(14)23-18/h1-4,11-12,20H,5-10H2. The van der Waals surface area contributed by atoms with Gasteiger partial charge < -0.3 is 0 Å². The molecule has 2 aliphatic rings. The number of aromatic nitrogens is 3. The van der Waals surface area contributed by atoms with Gasteiger partial charge in [0.25, 0.3) is 5.56 Å². The van der Waals surface area contributed by atoms with Crippen LogP contribution in [0.5, 0.6) is 0 Å². The Labute approximate surface area is 138 Å². The number of thiazole rings is 1. The van der Waals surface area contributed by atoms with Crippen LogP contribution in [-0.2, 0) is 12.8 Å². The maximum absolute atomic E-state index is 12.9. The summed E-state index contributed by atoms with van der Waals surface area (Å²) < 4.78 is 2.80. The molecular weight excluding hydrogens is 306 g/mol. The van der Waals surface area contributed by atoms with Crippen molar-refractivity contribution in [2.75, 3.05) is 0 Å². The number of H-pyrrole nitrogens is 1. The third-order valence-corrected chi connectivity index (χ3v) is 5.95. The summed E-state index contributed by atoms with van der Waals surface area (Å²) in [6.45, 7) is 0. The summed E-state index contributed by atoms with van der Waals surface area (Å²) >= 11 is 1.58. The molecule has 118 valence electrons. The maximum Gasteiger partial charge on any atom is 0.276 e. The zero-order chi connectivity index (χ0) is 15.4. The van der Waals surface area contributed by atoms with E-state index >= 15 is 0 Å². The van der Waals surface area contributed by atoms with Gasteiger partial charge >= 0.3 is 0 Å². The van der Waals surface area contributed by atoms with Gasteiger partial charge in [0.15, 0.2) is 0 Å². The molecular formula is C18H19N3OS. The fourth-order valence-corrected chi connectivity index (χ4v) is 4.13. The first-order valence-electron chi connectivity index (χ1n) is 8.46. The molecule has 5 heteroatoms. The van der Waals surface area contributed by atoms with Gasteiger partial charge in [-0.25, -0.2) is 4.98 Å². The first-order chi connectivity index (χ1) is 11.3. The van der Waals surface area contributed by atoms with Crippen LogP contribution in [0.1, 0.15) is 36.9 Å². The van der Waals surface area contributed by atoms with E-state index in [1.807, 2.05) is 18.2 Å². The predicted octanol–water partition coefficient (Wildman–Crippen LogP) is 3.68. The molecule has 5 rings (SSSR count). The van der Waals surface area contributed by atoms with Crippen LogP contribution in [0.25, 0.3) is 15.3 Å². The molecule has 2 fully saturated rings. The van der Waals surface area contributed by atoms with E-state index in [0.717, 1.165) is 51.3 Å². The molecule has 2 saturated carbocycles. The van der Waals surface area contributed by atoms with Crippen molar-refractivity contribution < 1.29 is 0 Å². The van der Waals surface area contributed by atoms with Crippen LogP contribution < -0.4 is 5.56 Å². The summed E-state index contributed by atoms with van der Waals surface area (Å²) in [5, 5.41) is 4.14. The first kappa shape index (κ1) is 13.5. The van der Waals surface area contributed by atoms with Crippen LogP contribution in [0.3, 0.4) is 0 Å². The van der Waals surface area contributed by atoms with Gasteiger partial charge in [0.1, 0.15) is 0 Å². The van der Waals surface area contributed by atoms with Gasteiger partial charge in [-0.05, 0) is 62.5 Å². The average molecular weight is 325 g/mol. The Morgan fingerprint density at radius 2 is 1.87 bits per heavy atom. The molecule has 3 aromatic rings. The summed E-state index contributed by atoms with van der Waals surface area (Å²) in [7, 11) is 0. The van der Waals surface area contributed by atoms with E-state index in [2.05, 4.69) is 16.1 Å². The number of nitrogens with one attached hydrogen (secondary N) is 1. The third kappa shape index (κ3) is 2.53. The van der Waals surface area contributed by atoms with Crippen LogP contribution in [0.2, 0.25) is 0 Å². The first-order valence-corrected chi connectivity index (χ1v) is 9.28. The highest BCUT2D eigenvalue weighted by atomic mass is 32.1. The van der Waals surface area contributed by atoms with Crippen molar-refractivity contribution in [2.24, 2.45) is 11.8 Å². The Hall–Kier alpha value is -1.88. The van der Waals surface area contributed by atoms with Crippen molar-refractivity contribution in [3.8, 4) is 5.13 Å². The molecule has 2 heterocycles. The molecule has 0 unspecified atom stereocenters. The van der Waals surface area contributed by atoms with Crippen LogP contribution in [0.15, 0.2) is 29.1 Å². The Kier molecular flexibility index (Phi) is 2.98. The van der Waals surface area contributed by atoms with Gasteiger partial charge in [0.2, 0.25) is 5.13 Å². The van der Waals surface area contributed by atoms with E-state index in [4.69, 9.17) is 0 Å². The molecule has 0 atom stereocenters. The maximum atomic E-state index is 12.9. The molecule has 0 radical (unpaired) electrons. The van der Waals surface area contributed by atoms with E-state index in [1.54, 1.807) is 16.0 Å². The molecule has 0 aliphatic heterocycles. The highest BCUT2D eigenvalue weighted by molar-refractivity contribution is 7.20. The van der Waals surface area contributed by atoms with Crippen LogP contribution in [-0.4, -0.2) is 14.8 Å². The second-order valence-corrected chi connectivity index (χ2v) is 7.98. The van der Waals surface area contributed by atoms with Crippen molar-refractivity contribution in [1.82, 2.24) is 14.8 Å². The van der Waals surface area contributed by atoms with Crippen LogP contribution in [0.4, 0.5) is 0 Å². The second kappa shape index (κ2) is 5.06. The van der Waals surface area contributed by atoms with Crippen LogP contribution in [0, 0.1) is 11.8 Å². The van der Waals surface area contributed by atoms with Crippen molar-refractivity contribution in [3.63, 3.8) is 0 Å². The van der Waals surface area contributed by atoms with Gasteiger partial charge in [-0.1, -0.05) is 23.5 Å². The number of rotatable bonds is 5. The highest BCUT2D eigenvalue weighted by Gasteiger charge is 2.30. The van der Waals surface area contributed by atoms with Crippen molar-refractivity contribution in [2.45, 2.75) is 38.5 Å². The van der Waals surface area contributed by atoms with Gasteiger partial charge in [-0.3, -0.25) is 9.89 Å². The van der Waals surface area contributed by atoms with Gasteiger partial charge in [0.05, 0.1) is 10.2 Å². The predicted molar refractivity (Wildman–Crippen MR) is 92.4 cm³/mol. The van der Waals surface area contributed by atoms with Gasteiger partial charge in [-0.15, -0.1) is 0 Å². The number of nitrogens with zero attached hydrogens (tertiary/aromatic N) is 2. The molecule has 0 amide bonds. The summed E-state index contributed by atoms with van der Waals surface area (Å²) in [6, 6.07) is 8.05. The summed E-state index contributed by atoms with van der Waals surface area (Å²) in [4.78, 5) is 17.6. The van der Waals surface area contributed by atoms with E-state index in [9.17, 15) is 4.79 Å². The minimum Gasteiger partial charge on any atom is -0.293 e. The Morgan fingerprint density at radius 3 is 2.61 bits per heavy atom. The lowest BCUT2D eigenvalue weighted by Gasteiger charge is -1.99.